The Morgan fingerprint density at radius 2 is 1.50 bits per heavy atom. The average molecular weight is 312 g/mol. The lowest BCUT2D eigenvalue weighted by Crippen LogP contribution is -2.40. The predicted octanol–water partition coefficient (Wildman–Crippen LogP) is 4.38. The number of unbranched alkanes of at least 4 members (excludes halogenated alkanes) is 1. The molecule has 0 heterocycles. The average Bonchev–Trinajstić information content (AvgIpc) is 2.57. The summed E-state index contributed by atoms with van der Waals surface area (Å²) in [6, 6.07) is 21.1. The Hall–Kier alpha value is -1.87. The standard InChI is InChI=1S/C19H24N2S/c1-3-4-15-20-19(22)21(2)18(16-11-7-5-8-12-16)17-13-9-6-10-14-17/h5-14,18H,3-4,15H2,1-2H3,(H,20,22). The van der Waals surface area contributed by atoms with E-state index in [2.05, 4.69) is 72.7 Å². The summed E-state index contributed by atoms with van der Waals surface area (Å²) in [5.41, 5.74) is 2.49. The molecule has 0 saturated carbocycles. The summed E-state index contributed by atoms with van der Waals surface area (Å²) in [7, 11) is 2.06. The number of rotatable bonds is 6. The van der Waals surface area contributed by atoms with E-state index in [-0.39, 0.29) is 6.04 Å². The van der Waals surface area contributed by atoms with Gasteiger partial charge in [-0.15, -0.1) is 0 Å². The van der Waals surface area contributed by atoms with Crippen molar-refractivity contribution < 1.29 is 0 Å². The van der Waals surface area contributed by atoms with Crippen molar-refractivity contribution in [2.45, 2.75) is 25.8 Å². The van der Waals surface area contributed by atoms with E-state index in [4.69, 9.17) is 12.2 Å². The second kappa shape index (κ2) is 8.54. The molecule has 0 atom stereocenters. The van der Waals surface area contributed by atoms with Crippen LogP contribution >= 0.6 is 12.2 Å². The van der Waals surface area contributed by atoms with Crippen molar-refractivity contribution in [2.75, 3.05) is 13.6 Å². The molecule has 22 heavy (non-hydrogen) atoms. The minimum atomic E-state index is 0.129. The lowest BCUT2D eigenvalue weighted by atomic mass is 9.98. The molecule has 0 bridgehead atoms. The Morgan fingerprint density at radius 3 is 1.95 bits per heavy atom. The van der Waals surface area contributed by atoms with E-state index >= 15 is 0 Å². The van der Waals surface area contributed by atoms with Crippen molar-refractivity contribution in [3.8, 4) is 0 Å². The first-order chi connectivity index (χ1) is 10.7. The molecular weight excluding hydrogens is 288 g/mol. The van der Waals surface area contributed by atoms with E-state index < -0.39 is 0 Å². The largest absolute Gasteiger partial charge is 0.363 e. The van der Waals surface area contributed by atoms with Gasteiger partial charge in [0.15, 0.2) is 5.11 Å². The number of thiocarbonyl (C=S) groups is 1. The molecule has 0 aliphatic rings. The second-order valence-electron chi connectivity index (χ2n) is 5.42. The fraction of sp³-hybridized carbons (Fsp3) is 0.316. The van der Waals surface area contributed by atoms with Gasteiger partial charge < -0.3 is 10.2 Å². The lowest BCUT2D eigenvalue weighted by Gasteiger charge is -2.31. The summed E-state index contributed by atoms with van der Waals surface area (Å²) < 4.78 is 0. The Bertz CT molecular complexity index is 529. The molecule has 1 N–H and O–H groups in total. The Labute approximate surface area is 139 Å². The Morgan fingerprint density at radius 1 is 1.00 bits per heavy atom. The molecule has 0 spiro atoms. The molecule has 116 valence electrons. The quantitative estimate of drug-likeness (QED) is 0.629. The van der Waals surface area contributed by atoms with Crippen LogP contribution in [0.25, 0.3) is 0 Å². The van der Waals surface area contributed by atoms with E-state index in [1.165, 1.54) is 17.5 Å². The molecule has 0 radical (unpaired) electrons. The van der Waals surface area contributed by atoms with Crippen LogP contribution in [0.5, 0.6) is 0 Å². The zero-order valence-electron chi connectivity index (χ0n) is 13.3. The molecule has 2 aromatic carbocycles. The van der Waals surface area contributed by atoms with Crippen molar-refractivity contribution in [1.82, 2.24) is 10.2 Å². The van der Waals surface area contributed by atoms with Crippen LogP contribution in [-0.4, -0.2) is 23.6 Å². The van der Waals surface area contributed by atoms with Crippen molar-refractivity contribution in [1.29, 1.82) is 0 Å². The summed E-state index contributed by atoms with van der Waals surface area (Å²) in [5, 5.41) is 4.16. The van der Waals surface area contributed by atoms with Crippen LogP contribution in [-0.2, 0) is 0 Å². The zero-order chi connectivity index (χ0) is 15.8. The molecule has 0 saturated heterocycles. The minimum absolute atomic E-state index is 0.129. The summed E-state index contributed by atoms with van der Waals surface area (Å²) in [4.78, 5) is 2.15. The highest BCUT2D eigenvalue weighted by atomic mass is 32.1. The molecule has 0 fully saturated rings. The first kappa shape index (κ1) is 16.5. The molecule has 0 amide bonds. The van der Waals surface area contributed by atoms with Gasteiger partial charge in [-0.2, -0.15) is 0 Å². The molecule has 0 unspecified atom stereocenters. The summed E-state index contributed by atoms with van der Waals surface area (Å²) in [6.45, 7) is 3.11. The monoisotopic (exact) mass is 312 g/mol. The Balaban J connectivity index is 2.23. The summed E-state index contributed by atoms with van der Waals surface area (Å²) in [5.74, 6) is 0. The Kier molecular flexibility index (Phi) is 6.41. The van der Waals surface area contributed by atoms with Crippen molar-refractivity contribution >= 4 is 17.3 Å². The van der Waals surface area contributed by atoms with Gasteiger partial charge in [-0.05, 0) is 29.8 Å². The van der Waals surface area contributed by atoms with Gasteiger partial charge in [0.2, 0.25) is 0 Å². The van der Waals surface area contributed by atoms with Crippen molar-refractivity contribution in [3.63, 3.8) is 0 Å². The minimum Gasteiger partial charge on any atom is -0.363 e. The third kappa shape index (κ3) is 4.31. The molecule has 0 aromatic heterocycles. The highest BCUT2D eigenvalue weighted by Gasteiger charge is 2.20. The van der Waals surface area contributed by atoms with E-state index in [0.29, 0.717) is 0 Å². The summed E-state index contributed by atoms with van der Waals surface area (Å²) >= 11 is 5.58. The van der Waals surface area contributed by atoms with Crippen LogP contribution in [0.3, 0.4) is 0 Å². The molecule has 2 rings (SSSR count). The number of nitrogens with zero attached hydrogens (tertiary/aromatic N) is 1. The van der Waals surface area contributed by atoms with Gasteiger partial charge >= 0.3 is 0 Å². The maximum Gasteiger partial charge on any atom is 0.169 e. The van der Waals surface area contributed by atoms with Gasteiger partial charge in [-0.1, -0.05) is 74.0 Å². The van der Waals surface area contributed by atoms with E-state index in [1.54, 1.807) is 0 Å². The molecule has 2 nitrogen and oxygen atoms in total. The third-order valence-electron chi connectivity index (χ3n) is 3.74. The SMILES string of the molecule is CCCCNC(=S)N(C)C(c1ccccc1)c1ccccc1. The van der Waals surface area contributed by atoms with Crippen molar-refractivity contribution in [3.05, 3.63) is 71.8 Å². The van der Waals surface area contributed by atoms with Gasteiger partial charge in [0.1, 0.15) is 0 Å². The van der Waals surface area contributed by atoms with Crippen LogP contribution < -0.4 is 5.32 Å². The van der Waals surface area contributed by atoms with Crippen LogP contribution in [0.2, 0.25) is 0 Å². The lowest BCUT2D eigenvalue weighted by molar-refractivity contribution is 0.419. The maximum absolute atomic E-state index is 5.58. The topological polar surface area (TPSA) is 15.3 Å². The fourth-order valence-corrected chi connectivity index (χ4v) is 2.73. The van der Waals surface area contributed by atoms with Gasteiger partial charge in [0.05, 0.1) is 6.04 Å². The molecule has 0 aliphatic heterocycles. The molecule has 3 heteroatoms. The number of benzene rings is 2. The fourth-order valence-electron chi connectivity index (χ4n) is 2.52. The van der Waals surface area contributed by atoms with Gasteiger partial charge in [-0.25, -0.2) is 0 Å². The normalized spacial score (nSPS) is 10.5. The highest BCUT2D eigenvalue weighted by Crippen LogP contribution is 2.27. The van der Waals surface area contributed by atoms with Crippen LogP contribution in [0.15, 0.2) is 60.7 Å². The van der Waals surface area contributed by atoms with Gasteiger partial charge in [-0.3, -0.25) is 0 Å². The third-order valence-corrected chi connectivity index (χ3v) is 4.18. The highest BCUT2D eigenvalue weighted by molar-refractivity contribution is 7.80. The predicted molar refractivity (Wildman–Crippen MR) is 98.0 cm³/mol. The second-order valence-corrected chi connectivity index (χ2v) is 5.81. The maximum atomic E-state index is 5.58. The first-order valence-corrected chi connectivity index (χ1v) is 8.25. The van der Waals surface area contributed by atoms with E-state index in [0.717, 1.165) is 18.1 Å². The van der Waals surface area contributed by atoms with Crippen LogP contribution in [0.1, 0.15) is 36.9 Å². The van der Waals surface area contributed by atoms with E-state index in [1.807, 2.05) is 12.1 Å². The first-order valence-electron chi connectivity index (χ1n) is 7.84. The van der Waals surface area contributed by atoms with Crippen LogP contribution in [0, 0.1) is 0 Å². The van der Waals surface area contributed by atoms with Crippen LogP contribution in [0.4, 0.5) is 0 Å². The van der Waals surface area contributed by atoms with Crippen molar-refractivity contribution in [2.24, 2.45) is 0 Å². The zero-order valence-corrected chi connectivity index (χ0v) is 14.1. The summed E-state index contributed by atoms with van der Waals surface area (Å²) in [6.07, 6.45) is 2.30. The van der Waals surface area contributed by atoms with E-state index in [9.17, 15) is 0 Å². The smallest absolute Gasteiger partial charge is 0.169 e. The number of nitrogens with one attached hydrogen (secondary N) is 1. The number of hydrogen-bond donors (Lipinski definition) is 1. The molecular formula is C19H24N2S. The molecule has 0 aliphatic carbocycles. The molecule has 2 aromatic rings. The van der Waals surface area contributed by atoms with Gasteiger partial charge in [0, 0.05) is 13.6 Å². The number of hydrogen-bond acceptors (Lipinski definition) is 1. The van der Waals surface area contributed by atoms with Gasteiger partial charge in [0.25, 0.3) is 0 Å².